The van der Waals surface area contributed by atoms with Crippen LogP contribution in [0, 0.1) is 6.92 Å². The average molecular weight is 339 g/mol. The molecule has 0 aliphatic carbocycles. The van der Waals surface area contributed by atoms with Crippen molar-refractivity contribution in [2.75, 3.05) is 57.9 Å². The molecule has 1 aromatic rings. The Morgan fingerprint density at radius 2 is 2.04 bits per heavy atom. The molecule has 2 heterocycles. The van der Waals surface area contributed by atoms with E-state index in [4.69, 9.17) is 9.84 Å². The maximum absolute atomic E-state index is 12.5. The number of ether oxygens (including phenoxy) is 1. The first kappa shape index (κ1) is 18.7. The molecule has 1 saturated heterocycles. The summed E-state index contributed by atoms with van der Waals surface area (Å²) in [5.74, 6) is 0.743. The monoisotopic (exact) mass is 339 g/mol. The van der Waals surface area contributed by atoms with Gasteiger partial charge in [0.15, 0.2) is 0 Å². The van der Waals surface area contributed by atoms with Crippen LogP contribution in [-0.2, 0) is 4.74 Å². The van der Waals surface area contributed by atoms with Gasteiger partial charge in [0.2, 0.25) is 0 Å². The van der Waals surface area contributed by atoms with Gasteiger partial charge >= 0.3 is 6.03 Å². The third kappa shape index (κ3) is 5.19. The summed E-state index contributed by atoms with van der Waals surface area (Å²) in [5.41, 5.74) is 0.895. The molecule has 1 aliphatic heterocycles. The van der Waals surface area contributed by atoms with E-state index in [1.54, 1.807) is 0 Å². The minimum absolute atomic E-state index is 0.0559. The average Bonchev–Trinajstić information content (AvgIpc) is 2.93. The molecule has 0 atom stereocenters. The summed E-state index contributed by atoms with van der Waals surface area (Å²) in [6.45, 7) is 10.9. The Balaban J connectivity index is 1.79. The van der Waals surface area contributed by atoms with E-state index in [1.165, 1.54) is 0 Å². The van der Waals surface area contributed by atoms with Crippen LogP contribution in [0.1, 0.15) is 25.6 Å². The van der Waals surface area contributed by atoms with Gasteiger partial charge in [0.25, 0.3) is 0 Å². The summed E-state index contributed by atoms with van der Waals surface area (Å²) < 4.78 is 7.12. The molecular weight excluding hydrogens is 310 g/mol. The largest absolute Gasteiger partial charge is 0.394 e. The number of nitrogens with zero attached hydrogens (tertiary/aromatic N) is 4. The molecule has 0 radical (unpaired) electrons. The van der Waals surface area contributed by atoms with Crippen molar-refractivity contribution in [3.63, 3.8) is 0 Å². The Hall–Kier alpha value is -1.64. The van der Waals surface area contributed by atoms with Gasteiger partial charge in [-0.3, -0.25) is 10.2 Å². The summed E-state index contributed by atoms with van der Waals surface area (Å²) in [6.07, 6.45) is 0. The number of hydrogen-bond donors (Lipinski definition) is 2. The predicted octanol–water partition coefficient (Wildman–Crippen LogP) is 0.931. The number of amides is 2. The maximum atomic E-state index is 12.5. The molecule has 2 rings (SSSR count). The van der Waals surface area contributed by atoms with Gasteiger partial charge in [0.1, 0.15) is 5.82 Å². The smallest absolute Gasteiger partial charge is 0.323 e. The number of aliphatic hydroxyl groups is 1. The lowest BCUT2D eigenvalue weighted by atomic mass is 10.3. The Kier molecular flexibility index (Phi) is 7.01. The van der Waals surface area contributed by atoms with Gasteiger partial charge in [-0.25, -0.2) is 9.48 Å². The van der Waals surface area contributed by atoms with Gasteiger partial charge in [-0.05, 0) is 20.8 Å². The fourth-order valence-electron chi connectivity index (χ4n) is 2.73. The van der Waals surface area contributed by atoms with Crippen LogP contribution < -0.4 is 5.32 Å². The molecule has 1 aliphatic rings. The molecule has 0 aromatic carbocycles. The van der Waals surface area contributed by atoms with E-state index in [-0.39, 0.29) is 18.7 Å². The van der Waals surface area contributed by atoms with E-state index in [2.05, 4.69) is 15.3 Å². The highest BCUT2D eigenvalue weighted by Crippen LogP contribution is 2.16. The standard InChI is InChI=1S/C16H29N5O3/c1-13(2)21-15(12-14(3)18-21)17-16(23)20-6-4-19(5-7-20)8-10-24-11-9-22/h12-13,22H,4-11H2,1-3H3,(H,17,23). The van der Waals surface area contributed by atoms with Crippen LogP contribution in [0.15, 0.2) is 6.07 Å². The van der Waals surface area contributed by atoms with Crippen molar-refractivity contribution in [1.82, 2.24) is 19.6 Å². The molecule has 0 saturated carbocycles. The number of nitrogens with one attached hydrogen (secondary N) is 1. The SMILES string of the molecule is Cc1cc(NC(=O)N2CCN(CCOCCO)CC2)n(C(C)C)n1. The topological polar surface area (TPSA) is 82.9 Å². The normalized spacial score (nSPS) is 16.0. The number of aryl methyl sites for hydroxylation is 1. The van der Waals surface area contributed by atoms with Crippen molar-refractivity contribution < 1.29 is 14.6 Å². The third-order valence-electron chi connectivity index (χ3n) is 4.03. The highest BCUT2D eigenvalue weighted by atomic mass is 16.5. The van der Waals surface area contributed by atoms with Gasteiger partial charge in [-0.2, -0.15) is 5.10 Å². The van der Waals surface area contributed by atoms with E-state index in [0.717, 1.165) is 31.1 Å². The van der Waals surface area contributed by atoms with E-state index in [1.807, 2.05) is 36.4 Å². The van der Waals surface area contributed by atoms with E-state index in [0.29, 0.717) is 26.3 Å². The highest BCUT2D eigenvalue weighted by molar-refractivity contribution is 5.88. The number of piperazine rings is 1. The molecule has 1 aromatic heterocycles. The molecule has 0 unspecified atom stereocenters. The highest BCUT2D eigenvalue weighted by Gasteiger charge is 2.22. The summed E-state index contributed by atoms with van der Waals surface area (Å²) >= 11 is 0. The van der Waals surface area contributed by atoms with E-state index >= 15 is 0 Å². The molecule has 0 spiro atoms. The van der Waals surface area contributed by atoms with Crippen LogP contribution in [0.2, 0.25) is 0 Å². The summed E-state index contributed by atoms with van der Waals surface area (Å²) in [7, 11) is 0. The van der Waals surface area contributed by atoms with Crippen LogP contribution >= 0.6 is 0 Å². The lowest BCUT2D eigenvalue weighted by Crippen LogP contribution is -2.50. The zero-order valence-corrected chi connectivity index (χ0v) is 14.9. The van der Waals surface area contributed by atoms with Crippen molar-refractivity contribution >= 4 is 11.8 Å². The minimum Gasteiger partial charge on any atom is -0.394 e. The number of hydrogen-bond acceptors (Lipinski definition) is 5. The van der Waals surface area contributed by atoms with Crippen molar-refractivity contribution in [3.8, 4) is 0 Å². The van der Waals surface area contributed by atoms with Crippen LogP contribution in [0.25, 0.3) is 0 Å². The molecule has 1 fully saturated rings. The molecule has 8 heteroatoms. The maximum Gasteiger partial charge on any atom is 0.323 e. The zero-order valence-electron chi connectivity index (χ0n) is 14.9. The first-order valence-corrected chi connectivity index (χ1v) is 8.54. The first-order chi connectivity index (χ1) is 11.5. The molecule has 24 heavy (non-hydrogen) atoms. The molecule has 2 amide bonds. The second kappa shape index (κ2) is 9.00. The van der Waals surface area contributed by atoms with Gasteiger partial charge in [0.05, 0.1) is 25.5 Å². The predicted molar refractivity (Wildman–Crippen MR) is 92.3 cm³/mol. The summed E-state index contributed by atoms with van der Waals surface area (Å²) in [4.78, 5) is 16.6. The van der Waals surface area contributed by atoms with Gasteiger partial charge in [-0.1, -0.05) is 0 Å². The quantitative estimate of drug-likeness (QED) is 0.722. The van der Waals surface area contributed by atoms with Crippen molar-refractivity contribution in [3.05, 3.63) is 11.8 Å². The number of urea groups is 1. The Labute approximate surface area is 143 Å². The molecule has 136 valence electrons. The number of aromatic nitrogens is 2. The third-order valence-corrected chi connectivity index (χ3v) is 4.03. The van der Waals surface area contributed by atoms with Crippen LogP contribution in [0.4, 0.5) is 10.6 Å². The van der Waals surface area contributed by atoms with Gasteiger partial charge in [-0.15, -0.1) is 0 Å². The molecule has 2 N–H and O–H groups in total. The van der Waals surface area contributed by atoms with Crippen molar-refractivity contribution in [2.45, 2.75) is 26.8 Å². The Bertz CT molecular complexity index is 524. The number of rotatable bonds is 7. The van der Waals surface area contributed by atoms with Gasteiger partial charge < -0.3 is 14.7 Å². The van der Waals surface area contributed by atoms with Crippen LogP contribution in [0.5, 0.6) is 0 Å². The Morgan fingerprint density at radius 3 is 2.67 bits per heavy atom. The molecule has 0 bridgehead atoms. The van der Waals surface area contributed by atoms with Crippen molar-refractivity contribution in [1.29, 1.82) is 0 Å². The lowest BCUT2D eigenvalue weighted by molar-refractivity contribution is 0.0627. The second-order valence-electron chi connectivity index (χ2n) is 6.30. The van der Waals surface area contributed by atoms with E-state index < -0.39 is 0 Å². The number of anilines is 1. The lowest BCUT2D eigenvalue weighted by Gasteiger charge is -2.34. The van der Waals surface area contributed by atoms with E-state index in [9.17, 15) is 4.79 Å². The van der Waals surface area contributed by atoms with Gasteiger partial charge in [0, 0.05) is 44.8 Å². The number of carbonyl (C=O) groups is 1. The number of aliphatic hydroxyl groups excluding tert-OH is 1. The number of carbonyl (C=O) groups excluding carboxylic acids is 1. The fourth-order valence-corrected chi connectivity index (χ4v) is 2.73. The molecular formula is C16H29N5O3. The zero-order chi connectivity index (χ0) is 17.5. The first-order valence-electron chi connectivity index (χ1n) is 8.54. The fraction of sp³-hybridized carbons (Fsp3) is 0.750. The minimum atomic E-state index is -0.0759. The van der Waals surface area contributed by atoms with Crippen molar-refractivity contribution in [2.24, 2.45) is 0 Å². The van der Waals surface area contributed by atoms with Crippen LogP contribution in [0.3, 0.4) is 0 Å². The Morgan fingerprint density at radius 1 is 1.33 bits per heavy atom. The van der Waals surface area contributed by atoms with Crippen LogP contribution in [-0.4, -0.2) is 83.3 Å². The second-order valence-corrected chi connectivity index (χ2v) is 6.30. The summed E-state index contributed by atoms with van der Waals surface area (Å²) in [6, 6.07) is 2.02. The molecule has 8 nitrogen and oxygen atoms in total. The summed E-state index contributed by atoms with van der Waals surface area (Å²) in [5, 5.41) is 16.1.